The maximum Gasteiger partial charge on any atom is 0.248 e. The van der Waals surface area contributed by atoms with E-state index in [0.29, 0.717) is 11.3 Å². The number of nitrogens with two attached hydrogens (primary N) is 1. The summed E-state index contributed by atoms with van der Waals surface area (Å²) < 4.78 is 0. The van der Waals surface area contributed by atoms with Gasteiger partial charge in [0, 0.05) is 29.7 Å². The molecule has 4 nitrogen and oxygen atoms in total. The maximum absolute atomic E-state index is 11.0. The SMILES string of the molecule is NC(=O)c1ccnc(-c2ccncc2)c1. The van der Waals surface area contributed by atoms with Crippen LogP contribution < -0.4 is 5.73 Å². The monoisotopic (exact) mass is 199 g/mol. The van der Waals surface area contributed by atoms with E-state index in [1.165, 1.54) is 0 Å². The van der Waals surface area contributed by atoms with E-state index in [1.807, 2.05) is 12.1 Å². The predicted octanol–water partition coefficient (Wildman–Crippen LogP) is 1.24. The molecule has 0 aliphatic rings. The van der Waals surface area contributed by atoms with Crippen LogP contribution >= 0.6 is 0 Å². The van der Waals surface area contributed by atoms with Crippen LogP contribution in [-0.2, 0) is 0 Å². The molecule has 74 valence electrons. The lowest BCUT2D eigenvalue weighted by Gasteiger charge is -2.01. The lowest BCUT2D eigenvalue weighted by molar-refractivity contribution is 0.1000. The first kappa shape index (κ1) is 9.33. The fourth-order valence-electron chi connectivity index (χ4n) is 1.26. The van der Waals surface area contributed by atoms with Gasteiger partial charge in [-0.2, -0.15) is 0 Å². The molecule has 0 fully saturated rings. The molecule has 2 aromatic rings. The van der Waals surface area contributed by atoms with Gasteiger partial charge in [-0.25, -0.2) is 0 Å². The van der Waals surface area contributed by atoms with Crippen molar-refractivity contribution >= 4 is 5.91 Å². The van der Waals surface area contributed by atoms with Crippen LogP contribution in [0, 0.1) is 0 Å². The van der Waals surface area contributed by atoms with Crippen molar-refractivity contribution < 1.29 is 4.79 Å². The first-order valence-electron chi connectivity index (χ1n) is 4.43. The molecule has 0 aromatic carbocycles. The molecule has 0 bridgehead atoms. The van der Waals surface area contributed by atoms with E-state index in [4.69, 9.17) is 5.73 Å². The Morgan fingerprint density at radius 1 is 1.13 bits per heavy atom. The smallest absolute Gasteiger partial charge is 0.248 e. The second-order valence-electron chi connectivity index (χ2n) is 3.03. The Hall–Kier alpha value is -2.23. The summed E-state index contributed by atoms with van der Waals surface area (Å²) in [4.78, 5) is 19.0. The summed E-state index contributed by atoms with van der Waals surface area (Å²) >= 11 is 0. The van der Waals surface area contributed by atoms with Crippen LogP contribution in [0.2, 0.25) is 0 Å². The van der Waals surface area contributed by atoms with Crippen LogP contribution in [0.15, 0.2) is 42.9 Å². The number of rotatable bonds is 2. The highest BCUT2D eigenvalue weighted by Crippen LogP contribution is 2.15. The lowest BCUT2D eigenvalue weighted by Crippen LogP contribution is -2.10. The van der Waals surface area contributed by atoms with Gasteiger partial charge in [0.25, 0.3) is 0 Å². The Morgan fingerprint density at radius 2 is 1.87 bits per heavy atom. The van der Waals surface area contributed by atoms with E-state index < -0.39 is 5.91 Å². The van der Waals surface area contributed by atoms with Gasteiger partial charge in [-0.05, 0) is 24.3 Å². The van der Waals surface area contributed by atoms with Crippen LogP contribution in [0.3, 0.4) is 0 Å². The average molecular weight is 199 g/mol. The molecule has 2 rings (SSSR count). The molecule has 2 N–H and O–H groups in total. The second kappa shape index (κ2) is 3.88. The van der Waals surface area contributed by atoms with Crippen LogP contribution in [-0.4, -0.2) is 15.9 Å². The number of hydrogen-bond acceptors (Lipinski definition) is 3. The number of primary amides is 1. The molecule has 4 heteroatoms. The standard InChI is InChI=1S/C11H9N3O/c12-11(15)9-3-6-14-10(7-9)8-1-4-13-5-2-8/h1-7H,(H2,12,15). The highest BCUT2D eigenvalue weighted by molar-refractivity contribution is 5.93. The summed E-state index contributed by atoms with van der Waals surface area (Å²) in [5, 5.41) is 0. The van der Waals surface area contributed by atoms with Gasteiger partial charge in [-0.15, -0.1) is 0 Å². The minimum Gasteiger partial charge on any atom is -0.366 e. The second-order valence-corrected chi connectivity index (χ2v) is 3.03. The molecule has 0 atom stereocenters. The van der Waals surface area contributed by atoms with Gasteiger partial charge in [-0.3, -0.25) is 14.8 Å². The molecule has 1 amide bonds. The Morgan fingerprint density at radius 3 is 2.53 bits per heavy atom. The third-order valence-electron chi connectivity index (χ3n) is 2.02. The van der Waals surface area contributed by atoms with E-state index in [1.54, 1.807) is 30.7 Å². The highest BCUT2D eigenvalue weighted by Gasteiger charge is 2.03. The zero-order valence-electron chi connectivity index (χ0n) is 7.92. The summed E-state index contributed by atoms with van der Waals surface area (Å²) in [5.74, 6) is -0.451. The summed E-state index contributed by atoms with van der Waals surface area (Å²) in [5.41, 5.74) is 7.26. The van der Waals surface area contributed by atoms with E-state index in [-0.39, 0.29) is 0 Å². The van der Waals surface area contributed by atoms with Crippen LogP contribution in [0.1, 0.15) is 10.4 Å². The largest absolute Gasteiger partial charge is 0.366 e. The van der Waals surface area contributed by atoms with Crippen molar-refractivity contribution in [1.29, 1.82) is 0 Å². The van der Waals surface area contributed by atoms with E-state index in [2.05, 4.69) is 9.97 Å². The van der Waals surface area contributed by atoms with Crippen LogP contribution in [0.4, 0.5) is 0 Å². The molecule has 0 saturated heterocycles. The fraction of sp³-hybridized carbons (Fsp3) is 0. The Kier molecular flexibility index (Phi) is 2.41. The van der Waals surface area contributed by atoms with Crippen molar-refractivity contribution in [3.8, 4) is 11.3 Å². The molecule has 0 aliphatic heterocycles. The summed E-state index contributed by atoms with van der Waals surface area (Å²) in [6.07, 6.45) is 4.91. The molecule has 0 spiro atoms. The van der Waals surface area contributed by atoms with Gasteiger partial charge >= 0.3 is 0 Å². The summed E-state index contributed by atoms with van der Waals surface area (Å²) in [6, 6.07) is 6.91. The Balaban J connectivity index is 2.46. The molecular formula is C11H9N3O. The van der Waals surface area contributed by atoms with Gasteiger partial charge in [0.05, 0.1) is 5.69 Å². The van der Waals surface area contributed by atoms with E-state index in [9.17, 15) is 4.79 Å². The number of nitrogens with zero attached hydrogens (tertiary/aromatic N) is 2. The van der Waals surface area contributed by atoms with Crippen molar-refractivity contribution in [2.45, 2.75) is 0 Å². The average Bonchev–Trinajstić information content (AvgIpc) is 2.30. The lowest BCUT2D eigenvalue weighted by atomic mass is 10.1. The number of hydrogen-bond donors (Lipinski definition) is 1. The number of aromatic nitrogens is 2. The molecule has 0 unspecified atom stereocenters. The number of carbonyl (C=O) groups is 1. The zero-order valence-corrected chi connectivity index (χ0v) is 7.92. The maximum atomic E-state index is 11.0. The van der Waals surface area contributed by atoms with Gasteiger partial charge < -0.3 is 5.73 Å². The fourth-order valence-corrected chi connectivity index (χ4v) is 1.26. The normalized spacial score (nSPS) is 9.87. The molecular weight excluding hydrogens is 190 g/mol. The van der Waals surface area contributed by atoms with Gasteiger partial charge in [0.15, 0.2) is 0 Å². The number of amides is 1. The molecule has 0 saturated carbocycles. The number of pyridine rings is 2. The van der Waals surface area contributed by atoms with Gasteiger partial charge in [0.2, 0.25) is 5.91 Å². The zero-order chi connectivity index (χ0) is 10.7. The summed E-state index contributed by atoms with van der Waals surface area (Å²) in [6.45, 7) is 0. The minimum atomic E-state index is -0.451. The first-order chi connectivity index (χ1) is 7.27. The van der Waals surface area contributed by atoms with Gasteiger partial charge in [-0.1, -0.05) is 0 Å². The molecule has 2 heterocycles. The predicted molar refractivity (Wildman–Crippen MR) is 56.0 cm³/mol. The van der Waals surface area contributed by atoms with Crippen molar-refractivity contribution in [1.82, 2.24) is 9.97 Å². The first-order valence-corrected chi connectivity index (χ1v) is 4.43. The molecule has 0 radical (unpaired) electrons. The summed E-state index contributed by atoms with van der Waals surface area (Å²) in [7, 11) is 0. The van der Waals surface area contributed by atoms with E-state index in [0.717, 1.165) is 5.56 Å². The topological polar surface area (TPSA) is 68.9 Å². The van der Waals surface area contributed by atoms with Crippen molar-refractivity contribution in [2.24, 2.45) is 5.73 Å². The third kappa shape index (κ3) is 1.99. The van der Waals surface area contributed by atoms with E-state index >= 15 is 0 Å². The Bertz CT molecular complexity index is 482. The quantitative estimate of drug-likeness (QED) is 0.791. The van der Waals surface area contributed by atoms with Crippen molar-refractivity contribution in [3.05, 3.63) is 48.4 Å². The molecule has 0 aliphatic carbocycles. The van der Waals surface area contributed by atoms with Gasteiger partial charge in [0.1, 0.15) is 0 Å². The van der Waals surface area contributed by atoms with Crippen LogP contribution in [0.5, 0.6) is 0 Å². The number of carbonyl (C=O) groups excluding carboxylic acids is 1. The minimum absolute atomic E-state index is 0.451. The third-order valence-corrected chi connectivity index (χ3v) is 2.02. The van der Waals surface area contributed by atoms with Crippen molar-refractivity contribution in [2.75, 3.05) is 0 Å². The highest BCUT2D eigenvalue weighted by atomic mass is 16.1. The van der Waals surface area contributed by atoms with Crippen LogP contribution in [0.25, 0.3) is 11.3 Å². The Labute approximate surface area is 86.8 Å². The molecule has 2 aromatic heterocycles. The molecule has 15 heavy (non-hydrogen) atoms. The van der Waals surface area contributed by atoms with Crippen molar-refractivity contribution in [3.63, 3.8) is 0 Å².